The maximum absolute atomic E-state index is 12.9. The Morgan fingerprint density at radius 1 is 0.972 bits per heavy atom. The van der Waals surface area contributed by atoms with E-state index in [2.05, 4.69) is 5.32 Å². The molecule has 4 rings (SSSR count). The van der Waals surface area contributed by atoms with Crippen molar-refractivity contribution in [2.45, 2.75) is 18.7 Å². The molecule has 1 aromatic heterocycles. The maximum Gasteiger partial charge on any atom is 0.341 e. The number of piperazine rings is 1. The number of aryl methyl sites for hydroxylation is 2. The Morgan fingerprint density at radius 3 is 2.22 bits per heavy atom. The van der Waals surface area contributed by atoms with Crippen molar-refractivity contribution in [3.05, 3.63) is 70.6 Å². The van der Waals surface area contributed by atoms with E-state index in [0.29, 0.717) is 36.7 Å². The molecule has 3 aromatic rings. The molecule has 36 heavy (non-hydrogen) atoms. The summed E-state index contributed by atoms with van der Waals surface area (Å²) in [4.78, 5) is 28.6. The average molecular weight is 528 g/mol. The molecule has 10 heteroatoms. The third-order valence-corrected chi connectivity index (χ3v) is 9.08. The van der Waals surface area contributed by atoms with Gasteiger partial charge in [0, 0.05) is 36.6 Å². The van der Waals surface area contributed by atoms with Gasteiger partial charge in [0.25, 0.3) is 0 Å². The SMILES string of the molecule is COC(=O)c1c(NC(=O)CN2CCN(S(=O)(=O)c3ccc(C)cc3)CC2)sc(C)c1-c1ccccc1. The Hall–Kier alpha value is -3.05. The van der Waals surface area contributed by atoms with E-state index >= 15 is 0 Å². The van der Waals surface area contributed by atoms with Gasteiger partial charge in [0.1, 0.15) is 10.6 Å². The first kappa shape index (κ1) is 26.0. The Labute approximate surface area is 215 Å². The summed E-state index contributed by atoms with van der Waals surface area (Å²) >= 11 is 1.33. The van der Waals surface area contributed by atoms with Crippen molar-refractivity contribution in [3.63, 3.8) is 0 Å². The summed E-state index contributed by atoms with van der Waals surface area (Å²) in [6, 6.07) is 16.3. The van der Waals surface area contributed by atoms with Gasteiger partial charge < -0.3 is 10.1 Å². The molecule has 8 nitrogen and oxygen atoms in total. The second-order valence-corrected chi connectivity index (χ2v) is 11.8. The van der Waals surface area contributed by atoms with Crippen molar-refractivity contribution in [2.24, 2.45) is 0 Å². The topological polar surface area (TPSA) is 96.0 Å². The number of thiophene rings is 1. The van der Waals surface area contributed by atoms with Gasteiger partial charge in [-0.3, -0.25) is 9.69 Å². The van der Waals surface area contributed by atoms with Crippen LogP contribution in [0.5, 0.6) is 0 Å². The Morgan fingerprint density at radius 2 is 1.61 bits per heavy atom. The van der Waals surface area contributed by atoms with Crippen molar-refractivity contribution in [1.82, 2.24) is 9.21 Å². The Balaban J connectivity index is 1.42. The molecule has 1 fully saturated rings. The minimum atomic E-state index is -3.57. The normalized spacial score (nSPS) is 15.0. The summed E-state index contributed by atoms with van der Waals surface area (Å²) in [5.41, 5.74) is 2.96. The summed E-state index contributed by atoms with van der Waals surface area (Å²) in [6.07, 6.45) is 0. The first-order chi connectivity index (χ1) is 17.2. The van der Waals surface area contributed by atoms with E-state index < -0.39 is 16.0 Å². The van der Waals surface area contributed by atoms with Crippen molar-refractivity contribution in [3.8, 4) is 11.1 Å². The number of esters is 1. The number of benzene rings is 2. The smallest absolute Gasteiger partial charge is 0.341 e. The summed E-state index contributed by atoms with van der Waals surface area (Å²) in [5.74, 6) is -0.778. The van der Waals surface area contributed by atoms with Crippen LogP contribution < -0.4 is 5.32 Å². The van der Waals surface area contributed by atoms with Crippen LogP contribution in [0.25, 0.3) is 11.1 Å². The highest BCUT2D eigenvalue weighted by Gasteiger charge is 2.30. The zero-order chi connectivity index (χ0) is 25.9. The summed E-state index contributed by atoms with van der Waals surface area (Å²) in [7, 11) is -2.25. The van der Waals surface area contributed by atoms with Crippen molar-refractivity contribution in [1.29, 1.82) is 0 Å². The zero-order valence-corrected chi connectivity index (χ0v) is 22.1. The van der Waals surface area contributed by atoms with E-state index in [4.69, 9.17) is 4.74 Å². The summed E-state index contributed by atoms with van der Waals surface area (Å²) < 4.78 is 32.3. The lowest BCUT2D eigenvalue weighted by molar-refractivity contribution is -0.117. The molecule has 0 bridgehead atoms. The number of sulfonamides is 1. The van der Waals surface area contributed by atoms with Crippen LogP contribution in [0.1, 0.15) is 20.8 Å². The van der Waals surface area contributed by atoms with Crippen LogP contribution in [0, 0.1) is 13.8 Å². The highest BCUT2D eigenvalue weighted by Crippen LogP contribution is 2.40. The fourth-order valence-electron chi connectivity index (χ4n) is 4.24. The van der Waals surface area contributed by atoms with Gasteiger partial charge in [0.2, 0.25) is 15.9 Å². The molecule has 2 heterocycles. The van der Waals surface area contributed by atoms with Crippen LogP contribution >= 0.6 is 11.3 Å². The fraction of sp³-hybridized carbons (Fsp3) is 0.308. The van der Waals surface area contributed by atoms with Crippen molar-refractivity contribution in [2.75, 3.05) is 45.2 Å². The highest BCUT2D eigenvalue weighted by atomic mass is 32.2. The third kappa shape index (κ3) is 5.52. The molecular formula is C26H29N3O5S2. The molecule has 0 atom stereocenters. The van der Waals surface area contributed by atoms with E-state index in [9.17, 15) is 18.0 Å². The molecule has 0 saturated carbocycles. The molecule has 1 N–H and O–H groups in total. The van der Waals surface area contributed by atoms with Gasteiger partial charge in [-0.15, -0.1) is 11.3 Å². The monoisotopic (exact) mass is 527 g/mol. The number of hydrogen-bond acceptors (Lipinski definition) is 7. The zero-order valence-electron chi connectivity index (χ0n) is 20.5. The number of carbonyl (C=O) groups excluding carboxylic acids is 2. The van der Waals surface area contributed by atoms with Crippen LogP contribution in [0.15, 0.2) is 59.5 Å². The largest absolute Gasteiger partial charge is 0.465 e. The first-order valence-electron chi connectivity index (χ1n) is 11.6. The van der Waals surface area contributed by atoms with Crippen LogP contribution in [-0.4, -0.2) is 69.3 Å². The molecule has 0 aliphatic carbocycles. The number of carbonyl (C=O) groups is 2. The lowest BCUT2D eigenvalue weighted by Gasteiger charge is -2.33. The number of rotatable bonds is 7. The predicted molar refractivity (Wildman–Crippen MR) is 141 cm³/mol. The molecule has 0 unspecified atom stereocenters. The predicted octanol–water partition coefficient (Wildman–Crippen LogP) is 3.76. The van der Waals surface area contributed by atoms with Gasteiger partial charge in [-0.25, -0.2) is 13.2 Å². The summed E-state index contributed by atoms with van der Waals surface area (Å²) in [5, 5.41) is 3.33. The number of hydrogen-bond donors (Lipinski definition) is 1. The lowest BCUT2D eigenvalue weighted by Crippen LogP contribution is -2.50. The number of methoxy groups -OCH3 is 1. The molecule has 0 radical (unpaired) electrons. The molecule has 1 aliphatic heterocycles. The van der Waals surface area contributed by atoms with E-state index in [1.807, 2.05) is 49.1 Å². The second-order valence-electron chi connectivity index (χ2n) is 8.64. The van der Waals surface area contributed by atoms with E-state index in [-0.39, 0.29) is 17.3 Å². The third-order valence-electron chi connectivity index (χ3n) is 6.15. The van der Waals surface area contributed by atoms with E-state index in [1.165, 1.54) is 22.8 Å². The van der Waals surface area contributed by atoms with Gasteiger partial charge >= 0.3 is 5.97 Å². The van der Waals surface area contributed by atoms with Crippen LogP contribution in [-0.2, 0) is 19.6 Å². The van der Waals surface area contributed by atoms with Crippen molar-refractivity contribution < 1.29 is 22.7 Å². The second kappa shape index (κ2) is 10.9. The maximum atomic E-state index is 12.9. The van der Waals surface area contributed by atoms with Gasteiger partial charge in [-0.1, -0.05) is 48.0 Å². The van der Waals surface area contributed by atoms with Crippen LogP contribution in [0.2, 0.25) is 0 Å². The molecular weight excluding hydrogens is 498 g/mol. The number of nitrogens with zero attached hydrogens (tertiary/aromatic N) is 2. The minimum absolute atomic E-state index is 0.0939. The quantitative estimate of drug-likeness (QED) is 0.470. The highest BCUT2D eigenvalue weighted by molar-refractivity contribution is 7.89. The van der Waals surface area contributed by atoms with Gasteiger partial charge in [0.15, 0.2) is 0 Å². The van der Waals surface area contributed by atoms with E-state index in [1.54, 1.807) is 24.3 Å². The van der Waals surface area contributed by atoms with Crippen LogP contribution in [0.4, 0.5) is 5.00 Å². The number of ether oxygens (including phenoxy) is 1. The molecule has 2 aromatic carbocycles. The average Bonchev–Trinajstić information content (AvgIpc) is 3.19. The molecule has 1 saturated heterocycles. The molecule has 190 valence electrons. The molecule has 1 aliphatic rings. The lowest BCUT2D eigenvalue weighted by atomic mass is 10.0. The number of nitrogens with one attached hydrogen (secondary N) is 1. The number of amides is 1. The van der Waals surface area contributed by atoms with E-state index in [0.717, 1.165) is 21.6 Å². The fourth-order valence-corrected chi connectivity index (χ4v) is 6.74. The standard InChI is InChI=1S/C26H29N3O5S2/c1-18-9-11-21(12-10-18)36(32,33)29-15-13-28(14-16-29)17-22(30)27-25-24(26(31)34-3)23(19(2)35-25)20-7-5-4-6-8-20/h4-12H,13-17H2,1-3H3,(H,27,30). The van der Waals surface area contributed by atoms with Crippen LogP contribution in [0.3, 0.4) is 0 Å². The molecule has 1 amide bonds. The Kier molecular flexibility index (Phi) is 7.89. The minimum Gasteiger partial charge on any atom is -0.465 e. The van der Waals surface area contributed by atoms with Crippen molar-refractivity contribution >= 4 is 38.2 Å². The van der Waals surface area contributed by atoms with Gasteiger partial charge in [-0.2, -0.15) is 4.31 Å². The molecule has 0 spiro atoms. The van der Waals surface area contributed by atoms with Gasteiger partial charge in [-0.05, 0) is 31.5 Å². The Bertz CT molecular complexity index is 1340. The van der Waals surface area contributed by atoms with Gasteiger partial charge in [0.05, 0.1) is 18.6 Å². The number of anilines is 1. The summed E-state index contributed by atoms with van der Waals surface area (Å²) in [6.45, 7) is 5.37. The first-order valence-corrected chi connectivity index (χ1v) is 13.8.